The van der Waals surface area contributed by atoms with Gasteiger partial charge in [-0.25, -0.2) is 4.79 Å². The fourth-order valence-corrected chi connectivity index (χ4v) is 5.46. The Morgan fingerprint density at radius 2 is 1.63 bits per heavy atom. The Kier molecular flexibility index (Phi) is 8.06. The number of rotatable bonds is 9. The lowest BCUT2D eigenvalue weighted by Crippen LogP contribution is -2.45. The van der Waals surface area contributed by atoms with E-state index in [4.69, 9.17) is 9.84 Å². The van der Waals surface area contributed by atoms with E-state index in [1.54, 1.807) is 0 Å². The van der Waals surface area contributed by atoms with Crippen LogP contribution in [0.1, 0.15) is 68.9 Å². The summed E-state index contributed by atoms with van der Waals surface area (Å²) in [5.74, 6) is -1.06. The first-order chi connectivity index (χ1) is 17.0. The highest BCUT2D eigenvalue weighted by Crippen LogP contribution is 2.44. The van der Waals surface area contributed by atoms with Crippen molar-refractivity contribution in [3.8, 4) is 11.1 Å². The predicted molar refractivity (Wildman–Crippen MR) is 133 cm³/mol. The third-order valence-corrected chi connectivity index (χ3v) is 7.28. The number of aliphatic carboxylic acids is 1. The largest absolute Gasteiger partial charge is 0.481 e. The topological polar surface area (TPSA) is 105 Å². The van der Waals surface area contributed by atoms with E-state index in [0.29, 0.717) is 6.42 Å². The molecular formula is C28H34N2O5. The molecule has 0 saturated heterocycles. The Labute approximate surface area is 206 Å². The quantitative estimate of drug-likeness (QED) is 0.478. The summed E-state index contributed by atoms with van der Waals surface area (Å²) >= 11 is 0. The zero-order chi connectivity index (χ0) is 24.8. The van der Waals surface area contributed by atoms with Crippen molar-refractivity contribution < 1.29 is 24.2 Å². The minimum Gasteiger partial charge on any atom is -0.481 e. The summed E-state index contributed by atoms with van der Waals surface area (Å²) in [6.45, 7) is 2.14. The highest BCUT2D eigenvalue weighted by Gasteiger charge is 2.30. The molecule has 0 radical (unpaired) electrons. The number of carboxylic acid groups (broad SMARTS) is 1. The van der Waals surface area contributed by atoms with E-state index in [9.17, 15) is 14.4 Å². The molecule has 4 rings (SSSR count). The molecule has 0 aromatic heterocycles. The van der Waals surface area contributed by atoms with Crippen LogP contribution in [-0.2, 0) is 14.3 Å². The molecule has 0 spiro atoms. The van der Waals surface area contributed by atoms with Gasteiger partial charge in [0, 0.05) is 24.4 Å². The van der Waals surface area contributed by atoms with Gasteiger partial charge in [0.05, 0.1) is 6.42 Å². The second-order valence-corrected chi connectivity index (χ2v) is 9.60. The number of fused-ring (bicyclic) bond motifs is 3. The second-order valence-electron chi connectivity index (χ2n) is 9.60. The Bertz CT molecular complexity index is 1020. The molecule has 3 N–H and O–H groups in total. The van der Waals surface area contributed by atoms with Gasteiger partial charge < -0.3 is 20.5 Å². The Morgan fingerprint density at radius 3 is 2.26 bits per heavy atom. The van der Waals surface area contributed by atoms with Crippen LogP contribution >= 0.6 is 0 Å². The Balaban J connectivity index is 1.30. The number of carbonyl (C=O) groups is 3. The summed E-state index contributed by atoms with van der Waals surface area (Å²) in [6.07, 6.45) is 3.83. The van der Waals surface area contributed by atoms with E-state index in [0.717, 1.165) is 36.8 Å². The van der Waals surface area contributed by atoms with Gasteiger partial charge in [-0.15, -0.1) is 0 Å². The molecule has 0 aliphatic heterocycles. The van der Waals surface area contributed by atoms with Crippen LogP contribution in [0.2, 0.25) is 0 Å². The van der Waals surface area contributed by atoms with Gasteiger partial charge in [0.1, 0.15) is 6.61 Å². The van der Waals surface area contributed by atoms with Crippen molar-refractivity contribution in [1.29, 1.82) is 0 Å². The van der Waals surface area contributed by atoms with Crippen LogP contribution in [0.25, 0.3) is 11.1 Å². The summed E-state index contributed by atoms with van der Waals surface area (Å²) in [5.41, 5.74) is 4.64. The van der Waals surface area contributed by atoms with Gasteiger partial charge in [0.25, 0.3) is 0 Å². The van der Waals surface area contributed by atoms with Crippen molar-refractivity contribution in [3.63, 3.8) is 0 Å². The Hall–Kier alpha value is -3.35. The van der Waals surface area contributed by atoms with Gasteiger partial charge in [0.15, 0.2) is 0 Å². The molecule has 0 heterocycles. The van der Waals surface area contributed by atoms with Gasteiger partial charge in [0.2, 0.25) is 5.91 Å². The lowest BCUT2D eigenvalue weighted by atomic mass is 9.82. The molecule has 7 nitrogen and oxygen atoms in total. The van der Waals surface area contributed by atoms with E-state index in [-0.39, 0.29) is 49.3 Å². The van der Waals surface area contributed by atoms with Crippen molar-refractivity contribution in [2.75, 3.05) is 6.61 Å². The SMILES string of the molecule is CC[C@@H](CC(=O)NC1CCCCC1CC(=O)O)NC(=O)OCC1c2ccccc2-c2ccccc21. The van der Waals surface area contributed by atoms with E-state index in [2.05, 4.69) is 34.9 Å². The molecule has 1 fully saturated rings. The molecule has 2 aromatic rings. The third-order valence-electron chi connectivity index (χ3n) is 7.28. The second kappa shape index (κ2) is 11.4. The van der Waals surface area contributed by atoms with Crippen molar-refractivity contribution >= 4 is 18.0 Å². The lowest BCUT2D eigenvalue weighted by Gasteiger charge is -2.31. The summed E-state index contributed by atoms with van der Waals surface area (Å²) in [4.78, 5) is 36.5. The third kappa shape index (κ3) is 6.02. The zero-order valence-electron chi connectivity index (χ0n) is 20.2. The molecule has 186 valence electrons. The number of hydrogen-bond donors (Lipinski definition) is 3. The van der Waals surface area contributed by atoms with Crippen LogP contribution in [0.15, 0.2) is 48.5 Å². The van der Waals surface area contributed by atoms with Crippen molar-refractivity contribution in [1.82, 2.24) is 10.6 Å². The van der Waals surface area contributed by atoms with Crippen molar-refractivity contribution in [2.45, 2.75) is 69.9 Å². The molecular weight excluding hydrogens is 444 g/mol. The van der Waals surface area contributed by atoms with Crippen molar-refractivity contribution in [2.24, 2.45) is 5.92 Å². The van der Waals surface area contributed by atoms with Crippen LogP contribution in [0, 0.1) is 5.92 Å². The van der Waals surface area contributed by atoms with Crippen LogP contribution < -0.4 is 10.6 Å². The number of amides is 2. The summed E-state index contributed by atoms with van der Waals surface area (Å²) in [6, 6.07) is 15.9. The van der Waals surface area contributed by atoms with E-state index < -0.39 is 12.1 Å². The monoisotopic (exact) mass is 478 g/mol. The number of ether oxygens (including phenoxy) is 1. The molecule has 2 amide bonds. The number of alkyl carbamates (subject to hydrolysis) is 1. The number of carboxylic acids is 1. The first-order valence-electron chi connectivity index (χ1n) is 12.6. The predicted octanol–water partition coefficient (Wildman–Crippen LogP) is 4.84. The minimum atomic E-state index is -0.834. The minimum absolute atomic E-state index is 0.0194. The molecule has 1 saturated carbocycles. The Morgan fingerprint density at radius 1 is 1.00 bits per heavy atom. The van der Waals surface area contributed by atoms with Gasteiger partial charge in [-0.2, -0.15) is 0 Å². The molecule has 2 aliphatic rings. The fraction of sp³-hybridized carbons (Fsp3) is 0.464. The standard InChI is InChI=1S/C28H34N2O5/c1-2-19(16-26(31)30-25-14-8-3-9-18(25)15-27(32)33)29-28(34)35-17-24-22-12-6-4-10-20(22)21-11-5-7-13-23(21)24/h4-7,10-13,18-19,24-25H,2-3,8-9,14-17H2,1H3,(H,29,34)(H,30,31)(H,32,33)/t18?,19-,25?/m0/s1. The zero-order valence-corrected chi connectivity index (χ0v) is 20.2. The molecule has 2 unspecified atom stereocenters. The van der Waals surface area contributed by atoms with E-state index in [1.165, 1.54) is 11.1 Å². The maximum absolute atomic E-state index is 12.7. The van der Waals surface area contributed by atoms with E-state index in [1.807, 2.05) is 31.2 Å². The average molecular weight is 479 g/mol. The summed E-state index contributed by atoms with van der Waals surface area (Å²) in [7, 11) is 0. The van der Waals surface area contributed by atoms with Gasteiger partial charge in [-0.3, -0.25) is 9.59 Å². The smallest absolute Gasteiger partial charge is 0.407 e. The molecule has 7 heteroatoms. The van der Waals surface area contributed by atoms with Crippen LogP contribution in [0.4, 0.5) is 4.79 Å². The highest BCUT2D eigenvalue weighted by molar-refractivity contribution is 5.80. The van der Waals surface area contributed by atoms with Crippen molar-refractivity contribution in [3.05, 3.63) is 59.7 Å². The lowest BCUT2D eigenvalue weighted by molar-refractivity contribution is -0.139. The number of benzene rings is 2. The molecule has 0 bridgehead atoms. The van der Waals surface area contributed by atoms with Crippen LogP contribution in [-0.4, -0.2) is 41.8 Å². The molecule has 35 heavy (non-hydrogen) atoms. The normalized spacial score (nSPS) is 19.8. The number of carbonyl (C=O) groups excluding carboxylic acids is 2. The molecule has 2 aromatic carbocycles. The number of hydrogen-bond acceptors (Lipinski definition) is 4. The first kappa shape index (κ1) is 24.8. The van der Waals surface area contributed by atoms with Crippen LogP contribution in [0.3, 0.4) is 0 Å². The summed E-state index contributed by atoms with van der Waals surface area (Å²) in [5, 5.41) is 15.0. The van der Waals surface area contributed by atoms with Crippen LogP contribution in [0.5, 0.6) is 0 Å². The highest BCUT2D eigenvalue weighted by atomic mass is 16.5. The summed E-state index contributed by atoms with van der Waals surface area (Å²) < 4.78 is 5.62. The molecule has 3 atom stereocenters. The first-order valence-corrected chi connectivity index (χ1v) is 12.6. The fourth-order valence-electron chi connectivity index (χ4n) is 5.46. The van der Waals surface area contributed by atoms with E-state index >= 15 is 0 Å². The molecule has 2 aliphatic carbocycles. The van der Waals surface area contributed by atoms with Gasteiger partial charge in [-0.1, -0.05) is 68.3 Å². The van der Waals surface area contributed by atoms with Gasteiger partial charge in [-0.05, 0) is 47.4 Å². The maximum Gasteiger partial charge on any atom is 0.407 e. The van der Waals surface area contributed by atoms with Gasteiger partial charge >= 0.3 is 12.1 Å². The maximum atomic E-state index is 12.7. The number of nitrogens with one attached hydrogen (secondary N) is 2. The average Bonchev–Trinajstić information content (AvgIpc) is 3.17.